The average Bonchev–Trinajstić information content (AvgIpc) is 2.82. The lowest BCUT2D eigenvalue weighted by atomic mass is 9.97. The van der Waals surface area contributed by atoms with Crippen molar-refractivity contribution in [2.75, 3.05) is 50.0 Å². The minimum absolute atomic E-state index is 0.283. The molecule has 2 N–H and O–H groups in total. The molecular formula is C24H32Cl3N5OS. The number of thiocarbonyl (C=S) groups is 1. The molecule has 2 fully saturated rings. The number of likely N-dealkylation sites (tertiary alicyclic amines) is 1. The van der Waals surface area contributed by atoms with E-state index in [1.54, 1.807) is 6.08 Å². The third-order valence-corrected chi connectivity index (χ3v) is 7.86. The van der Waals surface area contributed by atoms with Crippen molar-refractivity contribution in [3.8, 4) is 0 Å². The number of anilines is 2. The summed E-state index contributed by atoms with van der Waals surface area (Å²) in [5, 5.41) is 6.97. The number of para-hydroxylation sites is 1. The van der Waals surface area contributed by atoms with Gasteiger partial charge in [0.1, 0.15) is 0 Å². The van der Waals surface area contributed by atoms with Gasteiger partial charge in [0, 0.05) is 19.6 Å². The Balaban J connectivity index is 1.49. The number of nitrogens with zero attached hydrogens (tertiary/aromatic N) is 3. The van der Waals surface area contributed by atoms with E-state index in [1.807, 2.05) is 11.0 Å². The number of rotatable bonds is 5. The van der Waals surface area contributed by atoms with Crippen molar-refractivity contribution in [1.82, 2.24) is 15.1 Å². The molecule has 3 aliphatic rings. The standard InChI is InChI=1S/C24H32Cl3N5OS/c1-30-15-10-17(11-16-30)8-9-20(33)29-22(24(25,26)27)32-14-4-13-31(23(32)34)19-7-2-5-18-6-3-12-28-21(18)19/h2,5,7-9,17,22,28H,3-4,6,10-16H2,1H3,(H,29,33)/b9-8+. The first kappa shape index (κ1) is 25.8. The third kappa shape index (κ3) is 6.11. The summed E-state index contributed by atoms with van der Waals surface area (Å²) in [5.74, 6) is 0.102. The monoisotopic (exact) mass is 543 g/mol. The Bertz CT molecular complexity index is 930. The van der Waals surface area contributed by atoms with E-state index in [1.165, 1.54) is 5.56 Å². The van der Waals surface area contributed by atoms with Crippen LogP contribution in [0, 0.1) is 5.92 Å². The summed E-state index contributed by atoms with van der Waals surface area (Å²) in [5.41, 5.74) is 3.44. The molecule has 3 heterocycles. The van der Waals surface area contributed by atoms with Gasteiger partial charge in [-0.1, -0.05) is 53.0 Å². The molecule has 0 spiro atoms. The number of halogens is 3. The highest BCUT2D eigenvalue weighted by Gasteiger charge is 2.42. The van der Waals surface area contributed by atoms with Crippen molar-refractivity contribution in [3.05, 3.63) is 35.9 Å². The summed E-state index contributed by atoms with van der Waals surface area (Å²) in [4.78, 5) is 19.0. The second-order valence-electron chi connectivity index (χ2n) is 9.28. The maximum atomic E-state index is 12.8. The van der Waals surface area contributed by atoms with E-state index >= 15 is 0 Å². The number of benzene rings is 1. The van der Waals surface area contributed by atoms with Crippen molar-refractivity contribution < 1.29 is 4.79 Å². The minimum Gasteiger partial charge on any atom is -0.383 e. The van der Waals surface area contributed by atoms with Gasteiger partial charge in [-0.05, 0) is 88.1 Å². The summed E-state index contributed by atoms with van der Waals surface area (Å²) in [6.45, 7) is 4.36. The molecule has 0 aromatic heterocycles. The molecule has 1 atom stereocenters. The van der Waals surface area contributed by atoms with Crippen LogP contribution in [0.1, 0.15) is 31.2 Å². The fourth-order valence-corrected chi connectivity index (χ4v) is 5.79. The molecule has 3 aliphatic heterocycles. The lowest BCUT2D eigenvalue weighted by Gasteiger charge is -2.45. The fourth-order valence-electron chi connectivity index (χ4n) is 4.89. The molecule has 0 bridgehead atoms. The first-order valence-electron chi connectivity index (χ1n) is 11.9. The topological polar surface area (TPSA) is 50.9 Å². The second kappa shape index (κ2) is 11.2. The molecular weight excluding hydrogens is 513 g/mol. The summed E-state index contributed by atoms with van der Waals surface area (Å²) in [6.07, 6.45) is 7.71. The third-order valence-electron chi connectivity index (χ3n) is 6.79. The van der Waals surface area contributed by atoms with E-state index in [0.717, 1.165) is 69.7 Å². The maximum absolute atomic E-state index is 12.8. The molecule has 1 aromatic rings. The number of hydrogen-bond acceptors (Lipinski definition) is 4. The number of carbonyl (C=O) groups excluding carboxylic acids is 1. The maximum Gasteiger partial charge on any atom is 0.245 e. The number of fused-ring (bicyclic) bond motifs is 1. The number of allylic oxidation sites excluding steroid dienone is 1. The van der Waals surface area contributed by atoms with Crippen molar-refractivity contribution >= 4 is 69.4 Å². The highest BCUT2D eigenvalue weighted by Crippen LogP contribution is 2.37. The zero-order valence-corrected chi connectivity index (χ0v) is 22.5. The van der Waals surface area contributed by atoms with E-state index in [4.69, 9.17) is 47.0 Å². The zero-order valence-electron chi connectivity index (χ0n) is 19.4. The van der Waals surface area contributed by atoms with Crippen LogP contribution < -0.4 is 15.5 Å². The Morgan fingerprint density at radius 2 is 1.97 bits per heavy atom. The molecule has 1 amide bonds. The number of carbonyl (C=O) groups is 1. The van der Waals surface area contributed by atoms with Crippen LogP contribution in [0.4, 0.5) is 11.4 Å². The smallest absolute Gasteiger partial charge is 0.245 e. The lowest BCUT2D eigenvalue weighted by Crippen LogP contribution is -2.62. The van der Waals surface area contributed by atoms with Gasteiger partial charge >= 0.3 is 0 Å². The summed E-state index contributed by atoms with van der Waals surface area (Å²) < 4.78 is -1.75. The molecule has 1 aromatic carbocycles. The second-order valence-corrected chi connectivity index (χ2v) is 12.0. The van der Waals surface area contributed by atoms with Crippen LogP contribution in [0.3, 0.4) is 0 Å². The molecule has 0 saturated carbocycles. The molecule has 0 radical (unpaired) electrons. The van der Waals surface area contributed by atoms with Gasteiger partial charge in [0.25, 0.3) is 0 Å². The van der Waals surface area contributed by atoms with Crippen LogP contribution in [0.5, 0.6) is 0 Å². The molecule has 6 nitrogen and oxygen atoms in total. The minimum atomic E-state index is -1.75. The Kier molecular flexibility index (Phi) is 8.52. The van der Waals surface area contributed by atoms with Crippen LogP contribution >= 0.6 is 47.0 Å². The van der Waals surface area contributed by atoms with Gasteiger partial charge in [-0.25, -0.2) is 0 Å². The molecule has 0 aliphatic carbocycles. The largest absolute Gasteiger partial charge is 0.383 e. The van der Waals surface area contributed by atoms with Crippen molar-refractivity contribution in [2.24, 2.45) is 5.92 Å². The molecule has 2 saturated heterocycles. The van der Waals surface area contributed by atoms with Gasteiger partial charge in [-0.3, -0.25) is 4.79 Å². The van der Waals surface area contributed by atoms with Crippen molar-refractivity contribution in [2.45, 2.75) is 42.1 Å². The number of nitrogens with one attached hydrogen (secondary N) is 2. The number of amides is 1. The predicted octanol–water partition coefficient (Wildman–Crippen LogP) is 4.55. The normalized spacial score (nSPS) is 21.4. The first-order valence-corrected chi connectivity index (χ1v) is 13.5. The van der Waals surface area contributed by atoms with E-state index in [9.17, 15) is 4.79 Å². The Hall–Kier alpha value is -1.25. The van der Waals surface area contributed by atoms with Gasteiger partial charge in [0.2, 0.25) is 9.70 Å². The van der Waals surface area contributed by atoms with E-state index in [-0.39, 0.29) is 5.91 Å². The average molecular weight is 545 g/mol. The Labute approximate surface area is 222 Å². The van der Waals surface area contributed by atoms with Gasteiger partial charge in [-0.2, -0.15) is 0 Å². The van der Waals surface area contributed by atoms with Gasteiger partial charge < -0.3 is 25.3 Å². The summed E-state index contributed by atoms with van der Waals surface area (Å²) >= 11 is 25.0. The van der Waals surface area contributed by atoms with Crippen LogP contribution in [-0.2, 0) is 11.2 Å². The number of aryl methyl sites for hydroxylation is 1. The van der Waals surface area contributed by atoms with E-state index in [2.05, 4.69) is 45.7 Å². The predicted molar refractivity (Wildman–Crippen MR) is 146 cm³/mol. The number of alkyl halides is 3. The fraction of sp³-hybridized carbons (Fsp3) is 0.583. The molecule has 186 valence electrons. The summed E-state index contributed by atoms with van der Waals surface area (Å²) in [7, 11) is 2.12. The molecule has 1 unspecified atom stereocenters. The zero-order chi connectivity index (χ0) is 24.3. The Morgan fingerprint density at radius 1 is 1.21 bits per heavy atom. The highest BCUT2D eigenvalue weighted by molar-refractivity contribution is 7.80. The quantitative estimate of drug-likeness (QED) is 0.322. The number of hydrogen-bond donors (Lipinski definition) is 2. The van der Waals surface area contributed by atoms with Crippen molar-refractivity contribution in [3.63, 3.8) is 0 Å². The van der Waals surface area contributed by atoms with E-state index < -0.39 is 9.96 Å². The van der Waals surface area contributed by atoms with Crippen LogP contribution in [0.25, 0.3) is 0 Å². The molecule has 4 rings (SSSR count). The van der Waals surface area contributed by atoms with Crippen LogP contribution in [0.15, 0.2) is 30.4 Å². The van der Waals surface area contributed by atoms with Crippen molar-refractivity contribution in [1.29, 1.82) is 0 Å². The lowest BCUT2D eigenvalue weighted by molar-refractivity contribution is -0.118. The Morgan fingerprint density at radius 3 is 2.71 bits per heavy atom. The molecule has 34 heavy (non-hydrogen) atoms. The summed E-state index contributed by atoms with van der Waals surface area (Å²) in [6, 6.07) is 6.28. The SMILES string of the molecule is CN1CCC(/C=C/C(=O)NC(N2CCCN(c3cccc4c3NCCC4)C2=S)C(Cl)(Cl)Cl)CC1. The van der Waals surface area contributed by atoms with Gasteiger partial charge in [0.05, 0.1) is 11.4 Å². The number of piperidine rings is 1. The van der Waals surface area contributed by atoms with Crippen LogP contribution in [-0.4, -0.2) is 70.5 Å². The highest BCUT2D eigenvalue weighted by atomic mass is 35.6. The molecule has 10 heteroatoms. The van der Waals surface area contributed by atoms with E-state index in [0.29, 0.717) is 17.6 Å². The van der Waals surface area contributed by atoms with Gasteiger partial charge in [-0.15, -0.1) is 0 Å². The first-order chi connectivity index (χ1) is 16.2. The van der Waals surface area contributed by atoms with Crippen LogP contribution in [0.2, 0.25) is 0 Å². The van der Waals surface area contributed by atoms with Gasteiger partial charge in [0.15, 0.2) is 11.3 Å².